The molecule has 52 heavy (non-hydrogen) atoms. The summed E-state index contributed by atoms with van der Waals surface area (Å²) in [4.78, 5) is 9.74. The fourth-order valence-corrected chi connectivity index (χ4v) is 6.69. The number of non-ortho nitro benzene ring substituents is 1. The number of nitrogens with one attached hydrogen (secondary N) is 1. The number of hydrogen-bond acceptors (Lipinski definition) is 12. The minimum Gasteiger partial charge on any atom is -0.379 e. The van der Waals surface area contributed by atoms with Crippen molar-refractivity contribution in [1.29, 1.82) is 0 Å². The van der Waals surface area contributed by atoms with Gasteiger partial charge in [0.15, 0.2) is 0 Å². The van der Waals surface area contributed by atoms with Crippen LogP contribution in [-0.4, -0.2) is 26.3 Å². The van der Waals surface area contributed by atoms with Crippen molar-refractivity contribution in [2.45, 2.75) is 23.6 Å². The van der Waals surface area contributed by atoms with Crippen molar-refractivity contribution in [2.75, 3.05) is 5.32 Å². The van der Waals surface area contributed by atoms with E-state index in [2.05, 4.69) is 25.8 Å². The molecule has 0 heterocycles. The highest BCUT2D eigenvalue weighted by atomic mass is 32.2. The number of nitro benzene ring substituents is 1. The number of anilines is 2. The van der Waals surface area contributed by atoms with Crippen LogP contribution < -0.4 is 9.50 Å². The van der Waals surface area contributed by atoms with Crippen LogP contribution >= 0.6 is 0 Å². The molecular formula is C36H28N6O8S2. The molecule has 0 fully saturated rings. The van der Waals surface area contributed by atoms with Crippen molar-refractivity contribution in [3.63, 3.8) is 0 Å². The molecule has 0 radical (unpaired) electrons. The lowest BCUT2D eigenvalue weighted by atomic mass is 10.1. The SMILES string of the molecule is Cc1ccc(S(=O)(=O)Oc2ccc(N=Nc3ccc(N=Nc4ccc(Nc5ccc([N+](=O)[O-])cc5S(=O)(=O)O)cc4)c4ccccc34)cc2C)cc1. The first-order valence-corrected chi connectivity index (χ1v) is 18.2. The fourth-order valence-electron chi connectivity index (χ4n) is 5.03. The number of rotatable bonds is 11. The Balaban J connectivity index is 1.17. The summed E-state index contributed by atoms with van der Waals surface area (Å²) in [6, 6.07) is 31.7. The lowest BCUT2D eigenvalue weighted by Gasteiger charge is -2.10. The predicted molar refractivity (Wildman–Crippen MR) is 195 cm³/mol. The molecule has 0 saturated heterocycles. The van der Waals surface area contributed by atoms with Crippen molar-refractivity contribution < 1.29 is 30.5 Å². The van der Waals surface area contributed by atoms with Gasteiger partial charge in [-0.15, -0.1) is 10.2 Å². The molecule has 0 aliphatic heterocycles. The number of benzene rings is 6. The van der Waals surface area contributed by atoms with Crippen LogP contribution in [0.2, 0.25) is 0 Å². The highest BCUT2D eigenvalue weighted by Crippen LogP contribution is 2.36. The van der Waals surface area contributed by atoms with Gasteiger partial charge in [0.25, 0.3) is 15.8 Å². The summed E-state index contributed by atoms with van der Waals surface area (Å²) >= 11 is 0. The molecular weight excluding hydrogens is 709 g/mol. The molecule has 16 heteroatoms. The monoisotopic (exact) mass is 736 g/mol. The summed E-state index contributed by atoms with van der Waals surface area (Å²) in [5.74, 6) is 0.182. The number of nitrogens with zero attached hydrogens (tertiary/aromatic N) is 5. The number of aryl methyl sites for hydroxylation is 2. The summed E-state index contributed by atoms with van der Waals surface area (Å²) in [5.41, 5.74) is 3.50. The van der Waals surface area contributed by atoms with Crippen LogP contribution in [0.15, 0.2) is 152 Å². The maximum atomic E-state index is 12.8. The largest absolute Gasteiger partial charge is 0.379 e. The van der Waals surface area contributed by atoms with Crippen molar-refractivity contribution in [3.05, 3.63) is 143 Å². The van der Waals surface area contributed by atoms with Gasteiger partial charge in [0.2, 0.25) is 0 Å². The molecule has 0 aromatic heterocycles. The molecule has 0 aliphatic rings. The summed E-state index contributed by atoms with van der Waals surface area (Å²) in [6.07, 6.45) is 0. The molecule has 14 nitrogen and oxygen atoms in total. The third-order valence-corrected chi connectivity index (χ3v) is 9.83. The number of hydrogen-bond donors (Lipinski definition) is 2. The first kappa shape index (κ1) is 35.5. The number of azo groups is 2. The van der Waals surface area contributed by atoms with E-state index in [1.807, 2.05) is 31.2 Å². The first-order valence-electron chi connectivity index (χ1n) is 15.4. The summed E-state index contributed by atoms with van der Waals surface area (Å²) in [5, 5.41) is 33.0. The highest BCUT2D eigenvalue weighted by Gasteiger charge is 2.21. The van der Waals surface area contributed by atoms with Gasteiger partial charge in [-0.1, -0.05) is 42.0 Å². The molecule has 0 spiro atoms. The quantitative estimate of drug-likeness (QED) is 0.0426. The summed E-state index contributed by atoms with van der Waals surface area (Å²) in [6.45, 7) is 3.58. The second kappa shape index (κ2) is 14.5. The van der Waals surface area contributed by atoms with Gasteiger partial charge in [-0.2, -0.15) is 27.1 Å². The second-order valence-electron chi connectivity index (χ2n) is 11.4. The molecule has 6 aromatic carbocycles. The van der Waals surface area contributed by atoms with Gasteiger partial charge < -0.3 is 9.50 Å². The zero-order valence-corrected chi connectivity index (χ0v) is 29.0. The van der Waals surface area contributed by atoms with Crippen LogP contribution in [0.4, 0.5) is 39.8 Å². The molecule has 6 aromatic rings. The number of fused-ring (bicyclic) bond motifs is 1. The van der Waals surface area contributed by atoms with Gasteiger partial charge in [-0.05, 0) is 92.2 Å². The molecule has 0 atom stereocenters. The van der Waals surface area contributed by atoms with E-state index in [4.69, 9.17) is 4.18 Å². The Morgan fingerprint density at radius 2 is 1.29 bits per heavy atom. The Bertz CT molecular complexity index is 2610. The van der Waals surface area contributed by atoms with E-state index < -0.39 is 35.7 Å². The lowest BCUT2D eigenvalue weighted by molar-refractivity contribution is -0.385. The molecule has 2 N–H and O–H groups in total. The molecule has 0 unspecified atom stereocenters. The molecule has 0 aliphatic carbocycles. The Labute approximate surface area is 298 Å². The zero-order chi connectivity index (χ0) is 37.0. The van der Waals surface area contributed by atoms with Crippen molar-refractivity contribution in [3.8, 4) is 5.75 Å². The molecule has 0 bridgehead atoms. The van der Waals surface area contributed by atoms with E-state index in [9.17, 15) is 31.5 Å². The highest BCUT2D eigenvalue weighted by molar-refractivity contribution is 7.87. The number of nitro groups is 1. The standard InChI is InChI=1S/C36H28N6O8S2/c1-23-7-15-29(16-8-23)52(48,49)50-35-20-13-27(21-24(35)2)39-41-33-19-18-32(30-5-3-4-6-31(30)33)40-38-26-11-9-25(10-12-26)37-34-17-14-28(42(43)44)22-36(34)51(45,46)47/h3-22,37H,1-2H3,(H,45,46,47). The molecule has 0 amide bonds. The maximum Gasteiger partial charge on any atom is 0.339 e. The van der Waals surface area contributed by atoms with E-state index in [-0.39, 0.29) is 16.3 Å². The fraction of sp³-hybridized carbons (Fsp3) is 0.0556. The normalized spacial score (nSPS) is 12.1. The van der Waals surface area contributed by atoms with Crippen LogP contribution in [0.1, 0.15) is 11.1 Å². The maximum absolute atomic E-state index is 12.8. The van der Waals surface area contributed by atoms with Crippen molar-refractivity contribution in [1.82, 2.24) is 0 Å². The third-order valence-electron chi connectivity index (χ3n) is 7.69. The topological polar surface area (TPSA) is 202 Å². The summed E-state index contributed by atoms with van der Waals surface area (Å²) < 4.78 is 64.2. The Kier molecular flexibility index (Phi) is 9.87. The second-order valence-corrected chi connectivity index (χ2v) is 14.4. The zero-order valence-electron chi connectivity index (χ0n) is 27.4. The van der Waals surface area contributed by atoms with Gasteiger partial charge in [-0.25, -0.2) is 0 Å². The van der Waals surface area contributed by atoms with Crippen LogP contribution in [0, 0.1) is 24.0 Å². The smallest absolute Gasteiger partial charge is 0.339 e. The minimum absolute atomic E-state index is 0.0447. The van der Waals surface area contributed by atoms with E-state index in [1.165, 1.54) is 24.3 Å². The van der Waals surface area contributed by atoms with E-state index in [1.54, 1.807) is 67.6 Å². The minimum atomic E-state index is -4.75. The summed E-state index contributed by atoms with van der Waals surface area (Å²) in [7, 11) is -8.76. The van der Waals surface area contributed by atoms with Crippen molar-refractivity contribution >= 4 is 70.8 Å². The average molecular weight is 737 g/mol. The Hall–Kier alpha value is -6.36. The van der Waals surface area contributed by atoms with Crippen LogP contribution in [0.5, 0.6) is 5.75 Å². The predicted octanol–water partition coefficient (Wildman–Crippen LogP) is 9.95. The van der Waals surface area contributed by atoms with Crippen LogP contribution in [0.25, 0.3) is 10.8 Å². The average Bonchev–Trinajstić information content (AvgIpc) is 3.11. The Morgan fingerprint density at radius 1 is 0.692 bits per heavy atom. The van der Waals surface area contributed by atoms with Crippen LogP contribution in [-0.2, 0) is 20.2 Å². The lowest BCUT2D eigenvalue weighted by Crippen LogP contribution is -2.10. The van der Waals surface area contributed by atoms with Gasteiger partial charge in [-0.3, -0.25) is 14.7 Å². The molecule has 0 saturated carbocycles. The molecule has 6 rings (SSSR count). The van der Waals surface area contributed by atoms with E-state index in [0.29, 0.717) is 34.0 Å². The van der Waals surface area contributed by atoms with Gasteiger partial charge >= 0.3 is 10.1 Å². The van der Waals surface area contributed by atoms with Crippen LogP contribution in [0.3, 0.4) is 0 Å². The molecule has 262 valence electrons. The van der Waals surface area contributed by atoms with Gasteiger partial charge in [0.05, 0.1) is 33.4 Å². The van der Waals surface area contributed by atoms with Gasteiger partial charge in [0, 0.05) is 28.6 Å². The van der Waals surface area contributed by atoms with E-state index in [0.717, 1.165) is 28.5 Å². The Morgan fingerprint density at radius 3 is 1.87 bits per heavy atom. The van der Waals surface area contributed by atoms with E-state index >= 15 is 0 Å². The van der Waals surface area contributed by atoms with Crippen molar-refractivity contribution in [2.24, 2.45) is 20.5 Å². The third kappa shape index (κ3) is 8.15. The van der Waals surface area contributed by atoms with Gasteiger partial charge in [0.1, 0.15) is 15.5 Å². The first-order chi connectivity index (χ1) is 24.8.